The third kappa shape index (κ3) is 6.83. The summed E-state index contributed by atoms with van der Waals surface area (Å²) in [6.45, 7) is 1.81. The largest absolute Gasteiger partial charge is 0.383 e. The van der Waals surface area contributed by atoms with Crippen LogP contribution in [0.2, 0.25) is 5.02 Å². The monoisotopic (exact) mass is 406 g/mol. The molecule has 0 saturated carbocycles. The van der Waals surface area contributed by atoms with Gasteiger partial charge in [0.25, 0.3) is 0 Å². The number of sulfone groups is 1. The number of nitrogens with zero attached hydrogens (tertiary/aromatic N) is 1. The molecule has 146 valence electrons. The van der Waals surface area contributed by atoms with Crippen LogP contribution in [0.1, 0.15) is 12.0 Å². The summed E-state index contributed by atoms with van der Waals surface area (Å²) in [7, 11) is -1.38. The fraction of sp³-hybridized carbons (Fsp3) is 0.588. The highest BCUT2D eigenvalue weighted by Gasteiger charge is 2.28. The first-order chi connectivity index (χ1) is 12.3. The second-order valence-electron chi connectivity index (χ2n) is 6.51. The Morgan fingerprint density at radius 3 is 2.85 bits per heavy atom. The molecule has 0 bridgehead atoms. The molecule has 6 nitrogen and oxygen atoms in total. The van der Waals surface area contributed by atoms with Gasteiger partial charge in [-0.3, -0.25) is 9.69 Å². The molecule has 1 aliphatic rings. The summed E-state index contributed by atoms with van der Waals surface area (Å²) >= 11 is 6.06. The summed E-state index contributed by atoms with van der Waals surface area (Å²) in [6.07, 6.45) is 0.585. The smallest absolute Gasteiger partial charge is 0.234 e. The molecule has 1 aliphatic heterocycles. The minimum absolute atomic E-state index is 0.0251. The number of methoxy groups -OCH3 is 1. The van der Waals surface area contributed by atoms with Crippen LogP contribution >= 0.6 is 11.6 Å². The van der Waals surface area contributed by atoms with E-state index in [-0.39, 0.29) is 29.9 Å². The SMILES string of the molecule is COCCN(CC(=O)NCC1CCS(=O)(=O)C1)Cc1ccc(F)cc1Cl. The Labute approximate surface area is 158 Å². The van der Waals surface area contributed by atoms with Gasteiger partial charge in [-0.1, -0.05) is 17.7 Å². The normalized spacial score (nSPS) is 19.0. The van der Waals surface area contributed by atoms with Crippen molar-refractivity contribution in [2.75, 3.05) is 44.9 Å². The first-order valence-electron chi connectivity index (χ1n) is 8.41. The zero-order valence-electron chi connectivity index (χ0n) is 14.7. The van der Waals surface area contributed by atoms with Gasteiger partial charge in [0.2, 0.25) is 5.91 Å². The maximum absolute atomic E-state index is 13.2. The number of amides is 1. The fourth-order valence-electron chi connectivity index (χ4n) is 2.88. The zero-order chi connectivity index (χ0) is 19.2. The molecule has 1 heterocycles. The van der Waals surface area contributed by atoms with E-state index in [4.69, 9.17) is 16.3 Å². The standard InChI is InChI=1S/C17H24ClFN2O4S/c1-25-6-5-21(10-14-2-3-15(19)8-16(14)18)11-17(22)20-9-13-4-7-26(23,24)12-13/h2-3,8,13H,4-7,9-12H2,1H3,(H,20,22). The fourth-order valence-corrected chi connectivity index (χ4v) is 4.96. The van der Waals surface area contributed by atoms with Crippen molar-refractivity contribution in [3.8, 4) is 0 Å². The second kappa shape index (κ2) is 9.64. The Kier molecular flexibility index (Phi) is 7.82. The Hall–Kier alpha value is -1.22. The molecule has 9 heteroatoms. The van der Waals surface area contributed by atoms with E-state index in [2.05, 4.69) is 5.32 Å². The Morgan fingerprint density at radius 2 is 2.23 bits per heavy atom. The van der Waals surface area contributed by atoms with E-state index in [0.717, 1.165) is 5.56 Å². The molecule has 1 aromatic rings. The number of carbonyl (C=O) groups is 1. The summed E-state index contributed by atoms with van der Waals surface area (Å²) in [5.74, 6) is -0.305. The number of hydrogen-bond donors (Lipinski definition) is 1. The molecule has 1 saturated heterocycles. The number of rotatable bonds is 9. The van der Waals surface area contributed by atoms with E-state index in [1.54, 1.807) is 13.2 Å². The average Bonchev–Trinajstić information content (AvgIpc) is 2.92. The van der Waals surface area contributed by atoms with Gasteiger partial charge >= 0.3 is 0 Å². The van der Waals surface area contributed by atoms with Crippen molar-refractivity contribution >= 4 is 27.3 Å². The highest BCUT2D eigenvalue weighted by molar-refractivity contribution is 7.91. The molecule has 0 radical (unpaired) electrons. The average molecular weight is 407 g/mol. The van der Waals surface area contributed by atoms with Crippen LogP contribution in [0.25, 0.3) is 0 Å². The molecule has 0 aromatic heterocycles. The molecule has 2 rings (SSSR count). The van der Waals surface area contributed by atoms with Crippen molar-refractivity contribution in [3.05, 3.63) is 34.6 Å². The predicted octanol–water partition coefficient (Wildman–Crippen LogP) is 1.48. The number of benzene rings is 1. The van der Waals surface area contributed by atoms with Gasteiger partial charge in [-0.25, -0.2) is 12.8 Å². The minimum atomic E-state index is -2.95. The molecule has 1 unspecified atom stereocenters. The van der Waals surface area contributed by atoms with Crippen molar-refractivity contribution in [2.45, 2.75) is 13.0 Å². The lowest BCUT2D eigenvalue weighted by atomic mass is 10.1. The summed E-state index contributed by atoms with van der Waals surface area (Å²) < 4.78 is 41.2. The zero-order valence-corrected chi connectivity index (χ0v) is 16.3. The van der Waals surface area contributed by atoms with Gasteiger partial charge in [-0.2, -0.15) is 0 Å². The molecular weight excluding hydrogens is 383 g/mol. The highest BCUT2D eigenvalue weighted by Crippen LogP contribution is 2.19. The Balaban J connectivity index is 1.88. The number of carbonyl (C=O) groups excluding carboxylic acids is 1. The van der Waals surface area contributed by atoms with Gasteiger partial charge in [0.15, 0.2) is 9.84 Å². The molecule has 1 amide bonds. The minimum Gasteiger partial charge on any atom is -0.383 e. The van der Waals surface area contributed by atoms with Gasteiger partial charge in [0, 0.05) is 31.8 Å². The van der Waals surface area contributed by atoms with Crippen LogP contribution in [-0.2, 0) is 25.9 Å². The van der Waals surface area contributed by atoms with Crippen LogP contribution in [0.5, 0.6) is 0 Å². The Morgan fingerprint density at radius 1 is 1.46 bits per heavy atom. The maximum Gasteiger partial charge on any atom is 0.234 e. The van der Waals surface area contributed by atoms with Crippen LogP contribution in [0, 0.1) is 11.7 Å². The van der Waals surface area contributed by atoms with E-state index >= 15 is 0 Å². The lowest BCUT2D eigenvalue weighted by Gasteiger charge is -2.22. The first-order valence-corrected chi connectivity index (χ1v) is 10.6. The van der Waals surface area contributed by atoms with E-state index in [1.165, 1.54) is 12.1 Å². The van der Waals surface area contributed by atoms with Crippen molar-refractivity contribution in [1.82, 2.24) is 10.2 Å². The molecular formula is C17H24ClFN2O4S. The van der Waals surface area contributed by atoms with Gasteiger partial charge in [0.05, 0.1) is 24.7 Å². The highest BCUT2D eigenvalue weighted by atomic mass is 35.5. The summed E-state index contributed by atoms with van der Waals surface area (Å²) in [4.78, 5) is 14.1. The van der Waals surface area contributed by atoms with Crippen molar-refractivity contribution in [3.63, 3.8) is 0 Å². The van der Waals surface area contributed by atoms with E-state index < -0.39 is 15.7 Å². The molecule has 1 N–H and O–H groups in total. The molecule has 0 spiro atoms. The number of nitrogens with one attached hydrogen (secondary N) is 1. The van der Waals surface area contributed by atoms with E-state index in [9.17, 15) is 17.6 Å². The van der Waals surface area contributed by atoms with Crippen molar-refractivity contribution < 1.29 is 22.3 Å². The molecule has 26 heavy (non-hydrogen) atoms. The van der Waals surface area contributed by atoms with Crippen molar-refractivity contribution in [2.24, 2.45) is 5.92 Å². The first kappa shape index (κ1) is 21.1. The van der Waals surface area contributed by atoms with Gasteiger partial charge < -0.3 is 10.1 Å². The number of halogens is 2. The van der Waals surface area contributed by atoms with Gasteiger partial charge in [-0.05, 0) is 30.0 Å². The Bertz CT molecular complexity index is 729. The second-order valence-corrected chi connectivity index (χ2v) is 9.15. The van der Waals surface area contributed by atoms with Gasteiger partial charge in [0.1, 0.15) is 5.82 Å². The molecule has 1 fully saturated rings. The number of hydrogen-bond acceptors (Lipinski definition) is 5. The predicted molar refractivity (Wildman–Crippen MR) is 98.3 cm³/mol. The summed E-state index contributed by atoms with van der Waals surface area (Å²) in [5.41, 5.74) is 0.721. The lowest BCUT2D eigenvalue weighted by Crippen LogP contribution is -2.40. The van der Waals surface area contributed by atoms with E-state index in [0.29, 0.717) is 37.7 Å². The summed E-state index contributed by atoms with van der Waals surface area (Å²) in [6, 6.07) is 4.17. The van der Waals surface area contributed by atoms with Crippen LogP contribution in [-0.4, -0.2) is 64.1 Å². The third-order valence-electron chi connectivity index (χ3n) is 4.30. The number of ether oxygens (including phenoxy) is 1. The quantitative estimate of drug-likeness (QED) is 0.672. The van der Waals surface area contributed by atoms with Crippen LogP contribution in [0.4, 0.5) is 4.39 Å². The van der Waals surface area contributed by atoms with Crippen LogP contribution in [0.3, 0.4) is 0 Å². The third-order valence-corrected chi connectivity index (χ3v) is 6.49. The molecule has 0 aliphatic carbocycles. The molecule has 1 aromatic carbocycles. The van der Waals surface area contributed by atoms with E-state index in [1.807, 2.05) is 4.90 Å². The lowest BCUT2D eigenvalue weighted by molar-refractivity contribution is -0.122. The van der Waals surface area contributed by atoms with Crippen molar-refractivity contribution in [1.29, 1.82) is 0 Å². The maximum atomic E-state index is 13.2. The van der Waals surface area contributed by atoms with Gasteiger partial charge in [-0.15, -0.1) is 0 Å². The van der Waals surface area contributed by atoms with Crippen LogP contribution < -0.4 is 5.32 Å². The summed E-state index contributed by atoms with van der Waals surface area (Å²) in [5, 5.41) is 3.11. The molecule has 1 atom stereocenters. The topological polar surface area (TPSA) is 75.7 Å². The van der Waals surface area contributed by atoms with Crippen LogP contribution in [0.15, 0.2) is 18.2 Å².